The van der Waals surface area contributed by atoms with Crippen molar-refractivity contribution in [2.75, 3.05) is 0 Å². The van der Waals surface area contributed by atoms with Gasteiger partial charge in [0.2, 0.25) is 0 Å². The normalized spacial score (nSPS) is 23.3. The topological polar surface area (TPSA) is 0 Å². The fourth-order valence-electron chi connectivity index (χ4n) is 6.08. The molecule has 0 amide bonds. The predicted molar refractivity (Wildman–Crippen MR) is 140 cm³/mol. The smallest absolute Gasteiger partial charge is 0.0119 e. The Bertz CT molecular complexity index is 1040. The van der Waals surface area contributed by atoms with Crippen LogP contribution in [0.5, 0.6) is 0 Å². The molecule has 2 aliphatic carbocycles. The molecular weight excluding hydrogens is 384 g/mol. The van der Waals surface area contributed by atoms with E-state index < -0.39 is 0 Å². The molecule has 0 heterocycles. The Morgan fingerprint density at radius 1 is 1.03 bits per heavy atom. The molecule has 2 saturated carbocycles. The molecule has 0 saturated heterocycles. The molecule has 0 aromatic heterocycles. The maximum atomic E-state index is 4.28. The van der Waals surface area contributed by atoms with Crippen molar-refractivity contribution in [1.29, 1.82) is 0 Å². The van der Waals surface area contributed by atoms with Crippen LogP contribution in [0.25, 0.3) is 5.57 Å². The molecule has 4 rings (SSSR count). The van der Waals surface area contributed by atoms with E-state index in [0.29, 0.717) is 11.3 Å². The first-order valence-corrected chi connectivity index (χ1v) is 12.2. The summed E-state index contributed by atoms with van der Waals surface area (Å²) in [6, 6.07) is 18.4. The number of hydrogen-bond acceptors (Lipinski definition) is 0. The summed E-state index contributed by atoms with van der Waals surface area (Å²) in [5.74, 6) is 1.35. The highest BCUT2D eigenvalue weighted by molar-refractivity contribution is 5.83. The fraction of sp³-hybridized carbons (Fsp3) is 0.375. The first-order chi connectivity index (χ1) is 15.3. The Kier molecular flexibility index (Phi) is 6.42. The van der Waals surface area contributed by atoms with Crippen LogP contribution in [0.1, 0.15) is 81.0 Å². The maximum Gasteiger partial charge on any atom is -0.0119 e. The second-order valence-electron chi connectivity index (χ2n) is 10.5. The third kappa shape index (κ3) is 4.46. The third-order valence-electron chi connectivity index (χ3n) is 7.69. The van der Waals surface area contributed by atoms with Crippen LogP contribution in [-0.4, -0.2) is 0 Å². The standard InChI is InChI=1S/C32H38/c1-7-26(8-2)24(5)17-25(6)27-13-15-29(16-14-27)31(28-11-9-22(3)10-12-28)30-20-32(21-30)18-23(4)19-32/h7-16,23,25H,1,5,17-21H2,2-4,6H3/b26-8+,31-30?. The number of rotatable bonds is 7. The van der Waals surface area contributed by atoms with Gasteiger partial charge in [-0.25, -0.2) is 0 Å². The van der Waals surface area contributed by atoms with Crippen molar-refractivity contribution in [3.63, 3.8) is 0 Å². The van der Waals surface area contributed by atoms with Crippen LogP contribution in [-0.2, 0) is 0 Å². The third-order valence-corrected chi connectivity index (χ3v) is 7.69. The summed E-state index contributed by atoms with van der Waals surface area (Å²) < 4.78 is 0. The minimum absolute atomic E-state index is 0.436. The van der Waals surface area contributed by atoms with E-state index in [-0.39, 0.29) is 0 Å². The lowest BCUT2D eigenvalue weighted by molar-refractivity contribution is 0.0246. The zero-order valence-electron chi connectivity index (χ0n) is 20.4. The van der Waals surface area contributed by atoms with Crippen LogP contribution < -0.4 is 0 Å². The van der Waals surface area contributed by atoms with Gasteiger partial charge in [-0.05, 0) is 96.6 Å². The van der Waals surface area contributed by atoms with E-state index in [1.54, 1.807) is 5.57 Å². The van der Waals surface area contributed by atoms with Crippen molar-refractivity contribution in [3.8, 4) is 0 Å². The van der Waals surface area contributed by atoms with Gasteiger partial charge in [-0.15, -0.1) is 0 Å². The number of allylic oxidation sites excluding steroid dienone is 5. The molecule has 0 bridgehead atoms. The van der Waals surface area contributed by atoms with Gasteiger partial charge in [0.25, 0.3) is 0 Å². The van der Waals surface area contributed by atoms with Gasteiger partial charge in [0.15, 0.2) is 0 Å². The predicted octanol–water partition coefficient (Wildman–Crippen LogP) is 9.19. The molecule has 1 unspecified atom stereocenters. The average molecular weight is 423 g/mol. The molecule has 1 spiro atoms. The monoisotopic (exact) mass is 422 g/mol. The van der Waals surface area contributed by atoms with Crippen molar-refractivity contribution >= 4 is 5.57 Å². The van der Waals surface area contributed by atoms with Crippen LogP contribution in [0.2, 0.25) is 0 Å². The first-order valence-electron chi connectivity index (χ1n) is 12.2. The highest BCUT2D eigenvalue weighted by Gasteiger charge is 2.49. The average Bonchev–Trinajstić information content (AvgIpc) is 2.73. The molecule has 0 aliphatic heterocycles. The van der Waals surface area contributed by atoms with E-state index in [4.69, 9.17) is 0 Å². The summed E-state index contributed by atoms with van der Waals surface area (Å²) in [4.78, 5) is 0. The van der Waals surface area contributed by atoms with Crippen LogP contribution in [0.15, 0.2) is 90.6 Å². The lowest BCUT2D eigenvalue weighted by Gasteiger charge is -2.55. The molecule has 0 nitrogen and oxygen atoms in total. The molecule has 0 N–H and O–H groups in total. The zero-order chi connectivity index (χ0) is 22.9. The Hall–Kier alpha value is -2.60. The summed E-state index contributed by atoms with van der Waals surface area (Å²) in [5, 5.41) is 0. The van der Waals surface area contributed by atoms with E-state index >= 15 is 0 Å². The maximum absolute atomic E-state index is 4.28. The van der Waals surface area contributed by atoms with Gasteiger partial charge in [-0.2, -0.15) is 0 Å². The Balaban J connectivity index is 1.58. The van der Waals surface area contributed by atoms with E-state index in [1.165, 1.54) is 53.5 Å². The lowest BCUT2D eigenvalue weighted by Crippen LogP contribution is -2.43. The van der Waals surface area contributed by atoms with Gasteiger partial charge in [-0.3, -0.25) is 0 Å². The molecule has 166 valence electrons. The first kappa shape index (κ1) is 22.6. The molecule has 2 aliphatic rings. The minimum Gasteiger partial charge on any atom is -0.0985 e. The van der Waals surface area contributed by atoms with E-state index in [1.807, 2.05) is 6.08 Å². The summed E-state index contributed by atoms with van der Waals surface area (Å²) in [5.41, 5.74) is 11.5. The SMILES string of the molecule is C=C/C(=C\C)C(=C)CC(C)c1ccc(C(=C2CC3(C2)CC(C)C3)c2ccc(C)cc2)cc1. The van der Waals surface area contributed by atoms with Gasteiger partial charge in [0.1, 0.15) is 0 Å². The second kappa shape index (κ2) is 9.10. The van der Waals surface area contributed by atoms with E-state index in [9.17, 15) is 0 Å². The lowest BCUT2D eigenvalue weighted by atomic mass is 9.49. The van der Waals surface area contributed by atoms with E-state index in [0.717, 1.165) is 23.5 Å². The number of benzene rings is 2. The van der Waals surface area contributed by atoms with Crippen molar-refractivity contribution < 1.29 is 0 Å². The Morgan fingerprint density at radius 3 is 2.09 bits per heavy atom. The highest BCUT2D eigenvalue weighted by Crippen LogP contribution is 2.62. The summed E-state index contributed by atoms with van der Waals surface area (Å²) in [6.07, 6.45) is 10.4. The molecule has 0 heteroatoms. The summed E-state index contributed by atoms with van der Waals surface area (Å²) >= 11 is 0. The molecule has 2 aromatic rings. The second-order valence-corrected chi connectivity index (χ2v) is 10.5. The van der Waals surface area contributed by atoms with Gasteiger partial charge in [0.05, 0.1) is 0 Å². The molecule has 1 atom stereocenters. The fourth-order valence-corrected chi connectivity index (χ4v) is 6.08. The van der Waals surface area contributed by atoms with Crippen molar-refractivity contribution in [2.45, 2.75) is 65.7 Å². The van der Waals surface area contributed by atoms with Gasteiger partial charge >= 0.3 is 0 Å². The Morgan fingerprint density at radius 2 is 1.59 bits per heavy atom. The largest absolute Gasteiger partial charge is 0.0985 e. The van der Waals surface area contributed by atoms with Crippen LogP contribution in [0.3, 0.4) is 0 Å². The highest BCUT2D eigenvalue weighted by atomic mass is 14.5. The minimum atomic E-state index is 0.436. The molecule has 2 fully saturated rings. The Labute approximate surface area is 195 Å². The summed E-state index contributed by atoms with van der Waals surface area (Å²) in [6.45, 7) is 17.1. The van der Waals surface area contributed by atoms with Gasteiger partial charge < -0.3 is 0 Å². The number of aryl methyl sites for hydroxylation is 1. The summed E-state index contributed by atoms with van der Waals surface area (Å²) in [7, 11) is 0. The molecular formula is C32H38. The van der Waals surface area contributed by atoms with Crippen molar-refractivity contribution in [3.05, 3.63) is 113 Å². The van der Waals surface area contributed by atoms with Crippen molar-refractivity contribution in [1.82, 2.24) is 0 Å². The van der Waals surface area contributed by atoms with Gasteiger partial charge in [0, 0.05) is 0 Å². The van der Waals surface area contributed by atoms with Gasteiger partial charge in [-0.1, -0.05) is 98.8 Å². The molecule has 32 heavy (non-hydrogen) atoms. The van der Waals surface area contributed by atoms with Crippen LogP contribution in [0.4, 0.5) is 0 Å². The number of hydrogen-bond donors (Lipinski definition) is 0. The quantitative estimate of drug-likeness (QED) is 0.390. The zero-order valence-corrected chi connectivity index (χ0v) is 20.4. The van der Waals surface area contributed by atoms with Crippen molar-refractivity contribution in [2.24, 2.45) is 11.3 Å². The van der Waals surface area contributed by atoms with Crippen LogP contribution in [0, 0.1) is 18.3 Å². The molecule has 2 aromatic carbocycles. The molecule has 0 radical (unpaired) electrons. The van der Waals surface area contributed by atoms with Crippen LogP contribution >= 0.6 is 0 Å². The van der Waals surface area contributed by atoms with E-state index in [2.05, 4.69) is 95.5 Å².